The third-order valence-electron chi connectivity index (χ3n) is 4.49. The summed E-state index contributed by atoms with van der Waals surface area (Å²) in [6, 6.07) is 3.70. The van der Waals surface area contributed by atoms with Gasteiger partial charge in [-0.15, -0.1) is 0 Å². The topological polar surface area (TPSA) is 110 Å². The molecule has 1 aliphatic rings. The average Bonchev–Trinajstić information content (AvgIpc) is 2.69. The summed E-state index contributed by atoms with van der Waals surface area (Å²) in [6.45, 7) is 5.53. The van der Waals surface area contributed by atoms with Crippen LogP contribution in [0, 0.1) is 17.8 Å². The van der Waals surface area contributed by atoms with Gasteiger partial charge in [-0.3, -0.25) is 0 Å². The van der Waals surface area contributed by atoms with E-state index < -0.39 is 5.60 Å². The van der Waals surface area contributed by atoms with Crippen molar-refractivity contribution >= 4 is 23.5 Å². The number of amides is 1. The van der Waals surface area contributed by atoms with E-state index in [0.717, 1.165) is 18.5 Å². The number of nitrogens with one attached hydrogen (secondary N) is 3. The Kier molecular flexibility index (Phi) is 6.80. The van der Waals surface area contributed by atoms with Gasteiger partial charge in [0.1, 0.15) is 5.60 Å². The molecule has 9 heteroatoms. The third kappa shape index (κ3) is 6.47. The predicted octanol–water partition coefficient (Wildman–Crippen LogP) is 3.32. The first-order valence-electron chi connectivity index (χ1n) is 10.1. The molecule has 2 aromatic heterocycles. The number of rotatable bonds is 5. The van der Waals surface area contributed by atoms with E-state index in [1.54, 1.807) is 32.6 Å². The quantitative estimate of drug-likeness (QED) is 0.627. The number of alkyl carbamates (subject to hydrolysis) is 1. The zero-order chi connectivity index (χ0) is 22.4. The Morgan fingerprint density at radius 3 is 2.58 bits per heavy atom. The summed E-state index contributed by atoms with van der Waals surface area (Å²) in [5.41, 5.74) is 0.934. The summed E-state index contributed by atoms with van der Waals surface area (Å²) < 4.78 is 10.4. The van der Waals surface area contributed by atoms with Crippen LogP contribution in [-0.2, 0) is 4.74 Å². The van der Waals surface area contributed by atoms with Crippen LogP contribution in [0.5, 0.6) is 5.88 Å². The van der Waals surface area contributed by atoms with E-state index >= 15 is 0 Å². The lowest BCUT2D eigenvalue weighted by atomic mass is 9.81. The van der Waals surface area contributed by atoms with E-state index in [2.05, 4.69) is 42.7 Å². The highest BCUT2D eigenvalue weighted by molar-refractivity contribution is 5.68. The van der Waals surface area contributed by atoms with Crippen molar-refractivity contribution in [1.82, 2.24) is 20.3 Å². The van der Waals surface area contributed by atoms with Crippen LogP contribution < -0.4 is 20.7 Å². The van der Waals surface area contributed by atoms with Gasteiger partial charge in [-0.25, -0.2) is 14.8 Å². The fourth-order valence-electron chi connectivity index (χ4n) is 2.91. The number of ether oxygens (including phenoxy) is 2. The van der Waals surface area contributed by atoms with Gasteiger partial charge in [0.05, 0.1) is 30.8 Å². The highest BCUT2D eigenvalue weighted by Gasteiger charge is 2.30. The minimum atomic E-state index is -0.505. The van der Waals surface area contributed by atoms with Crippen LogP contribution in [-0.4, -0.2) is 46.8 Å². The molecule has 3 rings (SSSR count). The molecular formula is C22H28N6O3. The Morgan fingerprint density at radius 1 is 1.19 bits per heavy atom. The lowest BCUT2D eigenvalue weighted by molar-refractivity contribution is 0.0467. The summed E-state index contributed by atoms with van der Waals surface area (Å²) in [5, 5.41) is 9.04. The largest absolute Gasteiger partial charge is 0.481 e. The number of carbonyl (C=O) groups is 1. The zero-order valence-electron chi connectivity index (χ0n) is 18.4. The maximum atomic E-state index is 11.9. The molecule has 164 valence electrons. The summed E-state index contributed by atoms with van der Waals surface area (Å²) in [5.74, 6) is 8.21. The SMILES string of the molecule is CNc1ncc(C#CC2CC(NC(=O)OC(C)(C)C)C2)c(Nc2ccc(OC)nc2)n1. The van der Waals surface area contributed by atoms with Gasteiger partial charge in [-0.2, -0.15) is 4.98 Å². The van der Waals surface area contributed by atoms with Crippen molar-refractivity contribution in [2.75, 3.05) is 24.8 Å². The second kappa shape index (κ2) is 9.51. The summed E-state index contributed by atoms with van der Waals surface area (Å²) in [7, 11) is 3.33. The summed E-state index contributed by atoms with van der Waals surface area (Å²) in [4.78, 5) is 24.8. The second-order valence-corrected chi connectivity index (χ2v) is 8.20. The molecule has 2 aromatic rings. The number of hydrogen-bond acceptors (Lipinski definition) is 8. The van der Waals surface area contributed by atoms with E-state index in [9.17, 15) is 4.79 Å². The number of aromatic nitrogens is 3. The van der Waals surface area contributed by atoms with E-state index in [1.165, 1.54) is 0 Å². The molecule has 1 fully saturated rings. The van der Waals surface area contributed by atoms with Gasteiger partial charge in [0.25, 0.3) is 0 Å². The standard InChI is InChI=1S/C22H28N6O3/c1-22(2,3)31-21(29)27-17-10-14(11-17)6-7-15-12-25-20(23-4)28-19(15)26-16-8-9-18(30-5)24-13-16/h8-9,12-14,17H,10-11H2,1-5H3,(H,27,29)(H2,23,25,26,28). The molecule has 0 aromatic carbocycles. The maximum Gasteiger partial charge on any atom is 0.407 e. The van der Waals surface area contributed by atoms with Crippen molar-refractivity contribution < 1.29 is 14.3 Å². The fraction of sp³-hybridized carbons (Fsp3) is 0.455. The molecule has 2 heterocycles. The van der Waals surface area contributed by atoms with Crippen molar-refractivity contribution in [2.24, 2.45) is 5.92 Å². The molecule has 0 spiro atoms. The number of anilines is 3. The first-order valence-corrected chi connectivity index (χ1v) is 10.1. The maximum absolute atomic E-state index is 11.9. The zero-order valence-corrected chi connectivity index (χ0v) is 18.4. The van der Waals surface area contributed by atoms with Crippen molar-refractivity contribution in [3.8, 4) is 17.7 Å². The summed E-state index contributed by atoms with van der Waals surface area (Å²) >= 11 is 0. The molecule has 1 amide bonds. The Labute approximate surface area is 182 Å². The molecule has 3 N–H and O–H groups in total. The molecule has 1 aliphatic carbocycles. The number of pyridine rings is 1. The molecule has 0 radical (unpaired) electrons. The monoisotopic (exact) mass is 424 g/mol. The highest BCUT2D eigenvalue weighted by Crippen LogP contribution is 2.27. The van der Waals surface area contributed by atoms with Crippen molar-refractivity contribution in [1.29, 1.82) is 0 Å². The number of carbonyl (C=O) groups excluding carboxylic acids is 1. The van der Waals surface area contributed by atoms with Gasteiger partial charge >= 0.3 is 6.09 Å². The van der Waals surface area contributed by atoms with Crippen LogP contribution in [0.15, 0.2) is 24.5 Å². The first kappa shape index (κ1) is 22.2. The molecule has 0 unspecified atom stereocenters. The van der Waals surface area contributed by atoms with E-state index in [1.807, 2.05) is 26.8 Å². The van der Waals surface area contributed by atoms with Gasteiger partial charge in [-0.1, -0.05) is 11.8 Å². The minimum absolute atomic E-state index is 0.0834. The van der Waals surface area contributed by atoms with Gasteiger partial charge < -0.3 is 25.4 Å². The number of methoxy groups -OCH3 is 1. The third-order valence-corrected chi connectivity index (χ3v) is 4.49. The van der Waals surface area contributed by atoms with Crippen molar-refractivity contribution in [3.63, 3.8) is 0 Å². The summed E-state index contributed by atoms with van der Waals surface area (Å²) in [6.07, 6.45) is 4.52. The highest BCUT2D eigenvalue weighted by atomic mass is 16.6. The van der Waals surface area contributed by atoms with Gasteiger partial charge in [0.2, 0.25) is 11.8 Å². The Balaban J connectivity index is 1.63. The van der Waals surface area contributed by atoms with Crippen LogP contribution >= 0.6 is 0 Å². The number of hydrogen-bond donors (Lipinski definition) is 3. The Hall–Kier alpha value is -3.54. The molecule has 31 heavy (non-hydrogen) atoms. The van der Waals surface area contributed by atoms with Crippen LogP contribution in [0.1, 0.15) is 39.2 Å². The fourth-order valence-corrected chi connectivity index (χ4v) is 2.91. The normalized spacial score (nSPS) is 17.5. The van der Waals surface area contributed by atoms with Crippen LogP contribution in [0.25, 0.3) is 0 Å². The molecule has 0 atom stereocenters. The second-order valence-electron chi connectivity index (χ2n) is 8.20. The first-order chi connectivity index (χ1) is 14.8. The Bertz CT molecular complexity index is 969. The molecule has 0 bridgehead atoms. The predicted molar refractivity (Wildman–Crippen MR) is 118 cm³/mol. The van der Waals surface area contributed by atoms with Crippen LogP contribution in [0.3, 0.4) is 0 Å². The van der Waals surface area contributed by atoms with Crippen molar-refractivity contribution in [2.45, 2.75) is 45.3 Å². The minimum Gasteiger partial charge on any atom is -0.481 e. The van der Waals surface area contributed by atoms with Crippen molar-refractivity contribution in [3.05, 3.63) is 30.1 Å². The Morgan fingerprint density at radius 2 is 1.97 bits per heavy atom. The van der Waals surface area contributed by atoms with E-state index in [-0.39, 0.29) is 18.1 Å². The lowest BCUT2D eigenvalue weighted by Gasteiger charge is -2.33. The average molecular weight is 425 g/mol. The molecule has 0 saturated heterocycles. The number of nitrogens with zero attached hydrogens (tertiary/aromatic N) is 3. The molecule has 1 saturated carbocycles. The lowest BCUT2D eigenvalue weighted by Crippen LogP contribution is -2.45. The molecule has 9 nitrogen and oxygen atoms in total. The van der Waals surface area contributed by atoms with Gasteiger partial charge in [0, 0.05) is 25.1 Å². The van der Waals surface area contributed by atoms with E-state index in [0.29, 0.717) is 23.2 Å². The molecular weight excluding hydrogens is 396 g/mol. The van der Waals surface area contributed by atoms with Crippen LogP contribution in [0.4, 0.5) is 22.2 Å². The molecule has 0 aliphatic heterocycles. The van der Waals surface area contributed by atoms with E-state index in [4.69, 9.17) is 9.47 Å². The van der Waals surface area contributed by atoms with Crippen LogP contribution in [0.2, 0.25) is 0 Å². The van der Waals surface area contributed by atoms with Gasteiger partial charge in [-0.05, 0) is 39.7 Å². The van der Waals surface area contributed by atoms with Gasteiger partial charge in [0.15, 0.2) is 5.82 Å². The smallest absolute Gasteiger partial charge is 0.407 e.